The van der Waals surface area contributed by atoms with Crippen LogP contribution in [0.1, 0.15) is 23.7 Å². The fourth-order valence-electron chi connectivity index (χ4n) is 2.24. The molecule has 0 bridgehead atoms. The molecule has 1 aliphatic rings. The van der Waals surface area contributed by atoms with Crippen molar-refractivity contribution in [2.24, 2.45) is 0 Å². The van der Waals surface area contributed by atoms with Crippen LogP contribution in [0.3, 0.4) is 0 Å². The molecular weight excluding hydrogens is 301 g/mol. The number of hydrogen-bond donors (Lipinski definition) is 1. The van der Waals surface area contributed by atoms with E-state index in [9.17, 15) is 17.6 Å². The number of carbonyl (C=O) groups is 1. The third kappa shape index (κ3) is 3.07. The van der Waals surface area contributed by atoms with Crippen molar-refractivity contribution in [3.05, 3.63) is 29.6 Å². The lowest BCUT2D eigenvalue weighted by Gasteiger charge is -2.34. The average Bonchev–Trinajstić information content (AvgIpc) is 2.47. The normalized spacial score (nSPS) is 20.4. The van der Waals surface area contributed by atoms with Crippen LogP contribution in [0.2, 0.25) is 0 Å². The van der Waals surface area contributed by atoms with Gasteiger partial charge in [-0.1, -0.05) is 6.92 Å². The fraction of sp³-hybridized carbons (Fsp3) is 0.462. The summed E-state index contributed by atoms with van der Waals surface area (Å²) in [6.45, 7) is 2.61. The highest BCUT2D eigenvalue weighted by Crippen LogP contribution is 2.24. The Morgan fingerprint density at radius 3 is 2.86 bits per heavy atom. The van der Waals surface area contributed by atoms with Crippen molar-refractivity contribution >= 4 is 16.0 Å². The molecule has 1 fully saturated rings. The van der Waals surface area contributed by atoms with Crippen molar-refractivity contribution in [3.8, 4) is 0 Å². The number of halogens is 1. The van der Waals surface area contributed by atoms with Gasteiger partial charge in [-0.3, -0.25) is 0 Å². The number of ether oxygens (including phenoxy) is 1. The number of aromatic carboxylic acids is 1. The van der Waals surface area contributed by atoms with Crippen LogP contribution in [0, 0.1) is 5.82 Å². The molecule has 0 aliphatic carbocycles. The molecule has 1 aromatic rings. The Morgan fingerprint density at radius 2 is 2.24 bits per heavy atom. The molecule has 1 aromatic carbocycles. The third-order valence-corrected chi connectivity index (χ3v) is 5.37. The van der Waals surface area contributed by atoms with Gasteiger partial charge in [-0.15, -0.1) is 0 Å². The Hall–Kier alpha value is -1.51. The summed E-state index contributed by atoms with van der Waals surface area (Å²) in [5.41, 5.74) is -0.655. The lowest BCUT2D eigenvalue weighted by molar-refractivity contribution is 0.0314. The van der Waals surface area contributed by atoms with Crippen molar-refractivity contribution in [1.82, 2.24) is 4.31 Å². The summed E-state index contributed by atoms with van der Waals surface area (Å²) in [6.07, 6.45) is 0.576. The number of rotatable bonds is 4. The number of carboxylic acids is 1. The highest BCUT2D eigenvalue weighted by Gasteiger charge is 2.33. The van der Waals surface area contributed by atoms with E-state index in [4.69, 9.17) is 9.84 Å². The molecule has 0 amide bonds. The second-order valence-corrected chi connectivity index (χ2v) is 6.59. The van der Waals surface area contributed by atoms with Gasteiger partial charge in [-0.25, -0.2) is 17.6 Å². The number of benzene rings is 1. The lowest BCUT2D eigenvalue weighted by atomic mass is 10.2. The molecule has 116 valence electrons. The van der Waals surface area contributed by atoms with Gasteiger partial charge < -0.3 is 9.84 Å². The van der Waals surface area contributed by atoms with Gasteiger partial charge in [0.25, 0.3) is 0 Å². The van der Waals surface area contributed by atoms with Crippen LogP contribution < -0.4 is 0 Å². The first-order chi connectivity index (χ1) is 9.87. The number of sulfonamides is 1. The third-order valence-electron chi connectivity index (χ3n) is 3.42. The predicted octanol–water partition coefficient (Wildman–Crippen LogP) is 1.32. The molecule has 0 saturated carbocycles. The molecule has 0 spiro atoms. The molecule has 6 nitrogen and oxygen atoms in total. The zero-order valence-electron chi connectivity index (χ0n) is 11.5. The Kier molecular flexibility index (Phi) is 4.60. The van der Waals surface area contributed by atoms with Crippen LogP contribution >= 0.6 is 0 Å². The standard InChI is InChI=1S/C13H16FNO5S/c1-2-9-8-20-6-5-15(9)21(18,19)10-3-4-12(14)11(7-10)13(16)17/h3-4,7,9H,2,5-6,8H2,1H3,(H,16,17). The molecule has 1 atom stereocenters. The number of morpholine rings is 1. The summed E-state index contributed by atoms with van der Waals surface area (Å²) < 4.78 is 45.1. The second-order valence-electron chi connectivity index (χ2n) is 4.70. The second kappa shape index (κ2) is 6.08. The fourth-order valence-corrected chi connectivity index (χ4v) is 3.94. The first kappa shape index (κ1) is 15.9. The van der Waals surface area contributed by atoms with Crippen molar-refractivity contribution in [3.63, 3.8) is 0 Å². The summed E-state index contributed by atoms with van der Waals surface area (Å²) in [7, 11) is -3.87. The summed E-state index contributed by atoms with van der Waals surface area (Å²) in [5.74, 6) is -2.46. The van der Waals surface area contributed by atoms with Gasteiger partial charge in [0.1, 0.15) is 5.82 Å². The molecule has 1 unspecified atom stereocenters. The van der Waals surface area contributed by atoms with Gasteiger partial charge in [0.15, 0.2) is 0 Å². The van der Waals surface area contributed by atoms with E-state index in [2.05, 4.69) is 0 Å². The highest BCUT2D eigenvalue weighted by atomic mass is 32.2. The first-order valence-corrected chi connectivity index (χ1v) is 7.94. The summed E-state index contributed by atoms with van der Waals surface area (Å²) in [5, 5.41) is 8.90. The molecule has 1 saturated heterocycles. The monoisotopic (exact) mass is 317 g/mol. The van der Waals surface area contributed by atoms with E-state index in [1.165, 1.54) is 4.31 Å². The predicted molar refractivity (Wildman–Crippen MR) is 72.1 cm³/mol. The van der Waals surface area contributed by atoms with Gasteiger partial charge in [0, 0.05) is 12.6 Å². The van der Waals surface area contributed by atoms with E-state index in [1.807, 2.05) is 6.92 Å². The van der Waals surface area contributed by atoms with Crippen molar-refractivity contribution in [2.75, 3.05) is 19.8 Å². The smallest absolute Gasteiger partial charge is 0.338 e. The number of nitrogens with zero attached hydrogens (tertiary/aromatic N) is 1. The minimum atomic E-state index is -3.87. The highest BCUT2D eigenvalue weighted by molar-refractivity contribution is 7.89. The molecule has 1 aliphatic heterocycles. The van der Waals surface area contributed by atoms with Crippen LogP contribution in [0.4, 0.5) is 4.39 Å². The van der Waals surface area contributed by atoms with Gasteiger partial charge in [0.05, 0.1) is 23.7 Å². The van der Waals surface area contributed by atoms with Crippen LogP contribution in [-0.2, 0) is 14.8 Å². The molecule has 8 heteroatoms. The molecule has 0 aromatic heterocycles. The van der Waals surface area contributed by atoms with Crippen molar-refractivity contribution < 1.29 is 27.4 Å². The van der Waals surface area contributed by atoms with Crippen LogP contribution in [-0.4, -0.2) is 49.6 Å². The van der Waals surface area contributed by atoms with E-state index in [0.29, 0.717) is 13.0 Å². The maximum absolute atomic E-state index is 13.4. The molecule has 1 N–H and O–H groups in total. The van der Waals surface area contributed by atoms with Crippen LogP contribution in [0.15, 0.2) is 23.1 Å². The van der Waals surface area contributed by atoms with Gasteiger partial charge in [-0.2, -0.15) is 4.31 Å². The van der Waals surface area contributed by atoms with E-state index < -0.39 is 27.4 Å². The van der Waals surface area contributed by atoms with Gasteiger partial charge in [-0.05, 0) is 24.6 Å². The average molecular weight is 317 g/mol. The minimum Gasteiger partial charge on any atom is -0.478 e. The number of hydrogen-bond acceptors (Lipinski definition) is 4. The Bertz CT molecular complexity index is 646. The van der Waals surface area contributed by atoms with E-state index in [1.54, 1.807) is 0 Å². The Labute approximate surface area is 122 Å². The number of carboxylic acid groups (broad SMARTS) is 1. The molecule has 0 radical (unpaired) electrons. The molecule has 2 rings (SSSR count). The lowest BCUT2D eigenvalue weighted by Crippen LogP contribution is -2.48. The topological polar surface area (TPSA) is 83.9 Å². The van der Waals surface area contributed by atoms with Crippen LogP contribution in [0.25, 0.3) is 0 Å². The van der Waals surface area contributed by atoms with Gasteiger partial charge >= 0.3 is 5.97 Å². The zero-order chi connectivity index (χ0) is 15.6. The minimum absolute atomic E-state index is 0.195. The maximum atomic E-state index is 13.4. The van der Waals surface area contributed by atoms with Crippen molar-refractivity contribution in [1.29, 1.82) is 0 Å². The molecule has 21 heavy (non-hydrogen) atoms. The maximum Gasteiger partial charge on any atom is 0.338 e. The zero-order valence-corrected chi connectivity index (χ0v) is 12.3. The van der Waals surface area contributed by atoms with E-state index in [0.717, 1.165) is 18.2 Å². The van der Waals surface area contributed by atoms with E-state index >= 15 is 0 Å². The van der Waals surface area contributed by atoms with Crippen molar-refractivity contribution in [2.45, 2.75) is 24.3 Å². The summed E-state index contributed by atoms with van der Waals surface area (Å²) >= 11 is 0. The van der Waals surface area contributed by atoms with E-state index in [-0.39, 0.29) is 24.1 Å². The Balaban J connectivity index is 2.43. The summed E-state index contributed by atoms with van der Waals surface area (Å²) in [4.78, 5) is 10.7. The largest absolute Gasteiger partial charge is 0.478 e. The SMILES string of the molecule is CCC1COCCN1S(=O)(=O)c1ccc(F)c(C(=O)O)c1. The molecule has 1 heterocycles. The summed E-state index contributed by atoms with van der Waals surface area (Å²) in [6, 6.07) is 2.49. The van der Waals surface area contributed by atoms with Crippen LogP contribution in [0.5, 0.6) is 0 Å². The molecular formula is C13H16FNO5S. The quantitative estimate of drug-likeness (QED) is 0.905. The Morgan fingerprint density at radius 1 is 1.52 bits per heavy atom. The first-order valence-electron chi connectivity index (χ1n) is 6.50. The van der Waals surface area contributed by atoms with Gasteiger partial charge in [0.2, 0.25) is 10.0 Å².